The molecule has 0 heteroatoms. The zero-order chi connectivity index (χ0) is 14.4. The first-order valence-electron chi connectivity index (χ1n) is 7.70. The minimum Gasteiger partial charge on any atom is -0.0613 e. The molecule has 104 valence electrons. The van der Waals surface area contributed by atoms with Crippen molar-refractivity contribution in [2.45, 2.75) is 52.9 Å². The lowest BCUT2D eigenvalue weighted by molar-refractivity contribution is 0.661. The second-order valence-electron chi connectivity index (χ2n) is 6.62. The lowest BCUT2D eigenvalue weighted by atomic mass is 9.87. The summed E-state index contributed by atoms with van der Waals surface area (Å²) >= 11 is 0. The highest BCUT2D eigenvalue weighted by Gasteiger charge is 2.28. The van der Waals surface area contributed by atoms with Crippen LogP contribution in [0.3, 0.4) is 0 Å². The van der Waals surface area contributed by atoms with Gasteiger partial charge >= 0.3 is 0 Å². The summed E-state index contributed by atoms with van der Waals surface area (Å²) in [4.78, 5) is 0. The van der Waals surface area contributed by atoms with Crippen molar-refractivity contribution >= 4 is 0 Å². The maximum atomic E-state index is 2.38. The van der Waals surface area contributed by atoms with E-state index in [1.807, 2.05) is 0 Å². The van der Waals surface area contributed by atoms with E-state index in [2.05, 4.69) is 65.0 Å². The Morgan fingerprint density at radius 1 is 0.900 bits per heavy atom. The lowest BCUT2D eigenvalue weighted by Gasteiger charge is -2.17. The molecule has 3 rings (SSSR count). The molecule has 2 aromatic rings. The first kappa shape index (κ1) is 13.4. The highest BCUT2D eigenvalue weighted by atomic mass is 14.3. The molecule has 1 aliphatic rings. The third-order valence-electron chi connectivity index (χ3n) is 4.82. The Kier molecular flexibility index (Phi) is 3.20. The van der Waals surface area contributed by atoms with Gasteiger partial charge in [-0.1, -0.05) is 49.7 Å². The van der Waals surface area contributed by atoms with E-state index in [4.69, 9.17) is 0 Å². The average Bonchev–Trinajstić information content (AvgIpc) is 2.65. The number of hydrogen-bond donors (Lipinski definition) is 0. The van der Waals surface area contributed by atoms with Gasteiger partial charge in [0.05, 0.1) is 0 Å². The number of aryl methyl sites for hydroxylation is 3. The molecule has 0 heterocycles. The molecule has 0 bridgehead atoms. The third kappa shape index (κ3) is 1.98. The smallest absolute Gasteiger partial charge is 0.0122 e. The summed E-state index contributed by atoms with van der Waals surface area (Å²) < 4.78 is 0. The zero-order valence-corrected chi connectivity index (χ0v) is 13.2. The van der Waals surface area contributed by atoms with Gasteiger partial charge in [-0.2, -0.15) is 0 Å². The van der Waals surface area contributed by atoms with E-state index in [-0.39, 0.29) is 0 Å². The molecule has 0 fully saturated rings. The number of fused-ring (bicyclic) bond motifs is 1. The molecule has 0 saturated carbocycles. The van der Waals surface area contributed by atoms with Crippen LogP contribution in [0.2, 0.25) is 0 Å². The van der Waals surface area contributed by atoms with Crippen LogP contribution in [-0.2, 0) is 0 Å². The van der Waals surface area contributed by atoms with Crippen molar-refractivity contribution in [3.63, 3.8) is 0 Å². The van der Waals surface area contributed by atoms with Gasteiger partial charge in [0.15, 0.2) is 0 Å². The number of hydrogen-bond acceptors (Lipinski definition) is 0. The molecule has 0 saturated heterocycles. The summed E-state index contributed by atoms with van der Waals surface area (Å²) in [6.45, 7) is 11.4. The molecule has 0 amide bonds. The second-order valence-corrected chi connectivity index (χ2v) is 6.62. The summed E-state index contributed by atoms with van der Waals surface area (Å²) in [5.41, 5.74) is 10.2. The summed E-state index contributed by atoms with van der Waals surface area (Å²) in [5.74, 6) is 1.38. The van der Waals surface area contributed by atoms with Crippen LogP contribution in [0.5, 0.6) is 0 Å². The van der Waals surface area contributed by atoms with Crippen LogP contribution >= 0.6 is 0 Å². The standard InChI is InChI=1S/C20H24/c1-12-9-14(3)19(15(4)10-12)18-8-6-7-17-13(2)11-16(5)20(17)18/h6-10,13,16H,11H2,1-5H3. The fourth-order valence-corrected chi connectivity index (χ4v) is 4.16. The van der Waals surface area contributed by atoms with Gasteiger partial charge in [-0.05, 0) is 72.4 Å². The SMILES string of the molecule is Cc1cc(C)c(-c2cccc3c2C(C)CC3C)c(C)c1. The molecular formula is C20H24. The quantitative estimate of drug-likeness (QED) is 0.602. The van der Waals surface area contributed by atoms with Crippen LogP contribution in [-0.4, -0.2) is 0 Å². The highest BCUT2D eigenvalue weighted by Crippen LogP contribution is 2.46. The number of benzene rings is 2. The van der Waals surface area contributed by atoms with E-state index in [0.717, 1.165) is 0 Å². The van der Waals surface area contributed by atoms with Crippen molar-refractivity contribution in [2.75, 3.05) is 0 Å². The number of rotatable bonds is 1. The molecule has 1 aliphatic carbocycles. The van der Waals surface area contributed by atoms with E-state index in [0.29, 0.717) is 11.8 Å². The Bertz CT molecular complexity index is 641. The molecule has 0 N–H and O–H groups in total. The molecule has 2 unspecified atom stereocenters. The fourth-order valence-electron chi connectivity index (χ4n) is 4.16. The van der Waals surface area contributed by atoms with Crippen molar-refractivity contribution in [3.05, 3.63) is 58.1 Å². The van der Waals surface area contributed by atoms with E-state index in [1.165, 1.54) is 34.2 Å². The monoisotopic (exact) mass is 264 g/mol. The van der Waals surface area contributed by atoms with Crippen molar-refractivity contribution in [3.8, 4) is 11.1 Å². The van der Waals surface area contributed by atoms with Crippen LogP contribution in [0.25, 0.3) is 11.1 Å². The highest BCUT2D eigenvalue weighted by molar-refractivity contribution is 5.76. The van der Waals surface area contributed by atoms with Gasteiger partial charge in [-0.15, -0.1) is 0 Å². The van der Waals surface area contributed by atoms with E-state index < -0.39 is 0 Å². The van der Waals surface area contributed by atoms with Gasteiger partial charge in [-0.3, -0.25) is 0 Å². The first-order valence-corrected chi connectivity index (χ1v) is 7.70. The summed E-state index contributed by atoms with van der Waals surface area (Å²) in [5, 5.41) is 0. The van der Waals surface area contributed by atoms with Crippen molar-refractivity contribution < 1.29 is 0 Å². The van der Waals surface area contributed by atoms with Gasteiger partial charge < -0.3 is 0 Å². The Morgan fingerprint density at radius 3 is 2.20 bits per heavy atom. The molecule has 20 heavy (non-hydrogen) atoms. The van der Waals surface area contributed by atoms with Crippen LogP contribution < -0.4 is 0 Å². The van der Waals surface area contributed by atoms with Crippen LogP contribution in [0.15, 0.2) is 30.3 Å². The summed E-state index contributed by atoms with van der Waals surface area (Å²) in [6.07, 6.45) is 1.29. The summed E-state index contributed by atoms with van der Waals surface area (Å²) in [7, 11) is 0. The van der Waals surface area contributed by atoms with Gasteiger partial charge in [-0.25, -0.2) is 0 Å². The van der Waals surface area contributed by atoms with Gasteiger partial charge in [0.2, 0.25) is 0 Å². The largest absolute Gasteiger partial charge is 0.0613 e. The van der Waals surface area contributed by atoms with E-state index >= 15 is 0 Å². The maximum absolute atomic E-state index is 2.38. The van der Waals surface area contributed by atoms with Gasteiger partial charge in [0.25, 0.3) is 0 Å². The second kappa shape index (κ2) is 4.77. The summed E-state index contributed by atoms with van der Waals surface area (Å²) in [6, 6.07) is 11.5. The molecule has 0 radical (unpaired) electrons. The molecule has 2 aromatic carbocycles. The van der Waals surface area contributed by atoms with Crippen LogP contribution in [0.4, 0.5) is 0 Å². The lowest BCUT2D eigenvalue weighted by Crippen LogP contribution is -1.97. The molecule has 2 atom stereocenters. The van der Waals surface area contributed by atoms with E-state index in [1.54, 1.807) is 11.1 Å². The Morgan fingerprint density at radius 2 is 1.55 bits per heavy atom. The Hall–Kier alpha value is -1.56. The maximum Gasteiger partial charge on any atom is -0.0122 e. The molecule has 0 nitrogen and oxygen atoms in total. The first-order chi connectivity index (χ1) is 9.49. The average molecular weight is 264 g/mol. The predicted octanol–water partition coefficient (Wildman–Crippen LogP) is 5.89. The predicted molar refractivity (Wildman–Crippen MR) is 87.5 cm³/mol. The molecular weight excluding hydrogens is 240 g/mol. The Labute approximate surface area is 122 Å². The normalized spacial score (nSPS) is 21.1. The van der Waals surface area contributed by atoms with Crippen molar-refractivity contribution in [1.29, 1.82) is 0 Å². The van der Waals surface area contributed by atoms with Gasteiger partial charge in [0.1, 0.15) is 0 Å². The zero-order valence-electron chi connectivity index (χ0n) is 13.2. The molecule has 0 aromatic heterocycles. The topological polar surface area (TPSA) is 0 Å². The van der Waals surface area contributed by atoms with Crippen molar-refractivity contribution in [1.82, 2.24) is 0 Å². The van der Waals surface area contributed by atoms with Gasteiger partial charge in [0, 0.05) is 0 Å². The van der Waals surface area contributed by atoms with Crippen molar-refractivity contribution in [2.24, 2.45) is 0 Å². The Balaban J connectivity index is 2.28. The molecule has 0 aliphatic heterocycles. The van der Waals surface area contributed by atoms with Crippen LogP contribution in [0.1, 0.15) is 59.9 Å². The fraction of sp³-hybridized carbons (Fsp3) is 0.400. The third-order valence-corrected chi connectivity index (χ3v) is 4.82. The minimum absolute atomic E-state index is 0.677. The van der Waals surface area contributed by atoms with Crippen LogP contribution in [0, 0.1) is 20.8 Å². The minimum atomic E-state index is 0.677. The van der Waals surface area contributed by atoms with E-state index in [9.17, 15) is 0 Å². The molecule has 0 spiro atoms.